The van der Waals surface area contributed by atoms with Crippen molar-refractivity contribution in [1.82, 2.24) is 14.7 Å². The third-order valence-electron chi connectivity index (χ3n) is 5.24. The van der Waals surface area contributed by atoms with Crippen molar-refractivity contribution >= 4 is 46.0 Å². The highest BCUT2D eigenvalue weighted by Crippen LogP contribution is 2.35. The predicted octanol–water partition coefficient (Wildman–Crippen LogP) is 5.84. The number of non-ortho nitro benzene ring substituents is 1. The first-order valence-corrected chi connectivity index (χ1v) is 11.9. The Kier molecular flexibility index (Phi) is 7.00. The number of nitro benzene ring substituents is 1. The molecule has 0 radical (unpaired) electrons. The zero-order valence-electron chi connectivity index (χ0n) is 18.0. The molecule has 9 heteroatoms. The molecular formula is C24H22N4O3S2. The molecule has 0 bridgehead atoms. The second-order valence-electron chi connectivity index (χ2n) is 7.56. The van der Waals surface area contributed by atoms with Gasteiger partial charge in [-0.3, -0.25) is 19.8 Å². The summed E-state index contributed by atoms with van der Waals surface area (Å²) < 4.78 is 2.26. The van der Waals surface area contributed by atoms with Crippen LogP contribution in [0.15, 0.2) is 65.7 Å². The molecule has 0 saturated carbocycles. The van der Waals surface area contributed by atoms with E-state index in [1.54, 1.807) is 27.8 Å². The smallest absolute Gasteiger partial charge is 0.270 e. The van der Waals surface area contributed by atoms with Crippen molar-refractivity contribution in [2.24, 2.45) is 0 Å². The van der Waals surface area contributed by atoms with Crippen LogP contribution in [0.1, 0.15) is 31.7 Å². The summed E-state index contributed by atoms with van der Waals surface area (Å²) in [6, 6.07) is 15.9. The van der Waals surface area contributed by atoms with E-state index in [-0.39, 0.29) is 11.6 Å². The number of nitro groups is 1. The summed E-state index contributed by atoms with van der Waals surface area (Å²) in [6.07, 6.45) is 6.61. The van der Waals surface area contributed by atoms with Gasteiger partial charge in [-0.15, -0.1) is 0 Å². The van der Waals surface area contributed by atoms with Crippen LogP contribution in [0.2, 0.25) is 0 Å². The van der Waals surface area contributed by atoms with Crippen LogP contribution in [-0.2, 0) is 4.79 Å². The number of carbonyl (C=O) groups excluding carboxylic acids is 1. The van der Waals surface area contributed by atoms with Crippen LogP contribution in [-0.4, -0.2) is 36.4 Å². The average Bonchev–Trinajstić information content (AvgIpc) is 3.36. The second kappa shape index (κ2) is 10.1. The van der Waals surface area contributed by atoms with Crippen molar-refractivity contribution < 1.29 is 9.72 Å². The molecule has 1 amide bonds. The molecule has 168 valence electrons. The number of unbranched alkanes of at least 4 members (excludes halogenated alkanes) is 2. The minimum Gasteiger partial charge on any atom is -0.293 e. The Morgan fingerprint density at radius 2 is 1.94 bits per heavy atom. The highest BCUT2D eigenvalue weighted by Gasteiger charge is 2.32. The third kappa shape index (κ3) is 5.04. The van der Waals surface area contributed by atoms with Gasteiger partial charge in [0, 0.05) is 36.0 Å². The largest absolute Gasteiger partial charge is 0.293 e. The molecule has 0 aliphatic carbocycles. The fourth-order valence-electron chi connectivity index (χ4n) is 3.55. The van der Waals surface area contributed by atoms with Crippen LogP contribution in [0, 0.1) is 10.1 Å². The van der Waals surface area contributed by atoms with Crippen LogP contribution < -0.4 is 0 Å². The number of aromatic nitrogens is 2. The van der Waals surface area contributed by atoms with Crippen molar-refractivity contribution in [3.63, 3.8) is 0 Å². The Morgan fingerprint density at radius 3 is 2.67 bits per heavy atom. The van der Waals surface area contributed by atoms with Crippen LogP contribution in [0.25, 0.3) is 23.0 Å². The normalized spacial score (nSPS) is 14.9. The minimum atomic E-state index is -0.432. The molecule has 0 unspecified atom stereocenters. The van der Waals surface area contributed by atoms with Crippen molar-refractivity contribution in [2.75, 3.05) is 6.54 Å². The number of benzene rings is 2. The quantitative estimate of drug-likeness (QED) is 0.133. The molecule has 2 heterocycles. The molecule has 33 heavy (non-hydrogen) atoms. The monoisotopic (exact) mass is 478 g/mol. The van der Waals surface area contributed by atoms with Crippen LogP contribution in [0.4, 0.5) is 5.69 Å². The Labute approximate surface area is 201 Å². The lowest BCUT2D eigenvalue weighted by molar-refractivity contribution is -0.384. The van der Waals surface area contributed by atoms with Crippen molar-refractivity contribution in [1.29, 1.82) is 0 Å². The van der Waals surface area contributed by atoms with Gasteiger partial charge in [0.2, 0.25) is 0 Å². The standard InChI is InChI=1S/C24H22N4O3S2/c1-2-3-7-13-26-23(29)21(33-24(26)32)15-18-16-27(19-10-5-4-6-11-19)25-22(18)17-9-8-12-20(14-17)28(30)31/h4-6,8-12,14-16H,2-3,7,13H2,1H3. The number of amides is 1. The highest BCUT2D eigenvalue weighted by atomic mass is 32.2. The SMILES string of the molecule is CCCCCN1C(=O)C(=Cc2cn(-c3ccccc3)nc2-c2cccc([N+](=O)[O-])c2)SC1=S. The maximum atomic E-state index is 13.0. The van der Waals surface area contributed by atoms with Gasteiger partial charge in [0.15, 0.2) is 0 Å². The Morgan fingerprint density at radius 1 is 1.15 bits per heavy atom. The van der Waals surface area contributed by atoms with E-state index in [1.165, 1.54) is 23.9 Å². The summed E-state index contributed by atoms with van der Waals surface area (Å²) in [5.74, 6) is -0.112. The molecule has 1 aliphatic heterocycles. The van der Waals surface area contributed by atoms with Gasteiger partial charge in [-0.25, -0.2) is 4.68 Å². The molecule has 1 fully saturated rings. The number of carbonyl (C=O) groups is 1. The number of rotatable bonds is 8. The van der Waals surface area contributed by atoms with Gasteiger partial charge in [0.25, 0.3) is 11.6 Å². The minimum absolute atomic E-state index is 0.0186. The lowest BCUT2D eigenvalue weighted by atomic mass is 10.1. The first-order valence-electron chi connectivity index (χ1n) is 10.6. The Bertz CT molecular complexity index is 1240. The fourth-order valence-corrected chi connectivity index (χ4v) is 4.85. The van der Waals surface area contributed by atoms with Gasteiger partial charge in [0.05, 0.1) is 15.5 Å². The molecule has 1 aromatic heterocycles. The number of hydrogen-bond donors (Lipinski definition) is 0. The van der Waals surface area contributed by atoms with Gasteiger partial charge in [-0.1, -0.05) is 74.1 Å². The van der Waals surface area contributed by atoms with E-state index in [0.29, 0.717) is 32.6 Å². The molecule has 7 nitrogen and oxygen atoms in total. The molecule has 0 N–H and O–H groups in total. The lowest BCUT2D eigenvalue weighted by Gasteiger charge is -2.13. The molecular weight excluding hydrogens is 456 g/mol. The van der Waals surface area contributed by atoms with E-state index in [0.717, 1.165) is 24.9 Å². The van der Waals surface area contributed by atoms with Gasteiger partial charge in [-0.2, -0.15) is 5.10 Å². The second-order valence-corrected chi connectivity index (χ2v) is 9.24. The van der Waals surface area contributed by atoms with E-state index >= 15 is 0 Å². The molecule has 1 aliphatic rings. The van der Waals surface area contributed by atoms with E-state index in [1.807, 2.05) is 36.5 Å². The maximum absolute atomic E-state index is 13.0. The molecule has 1 saturated heterocycles. The van der Waals surface area contributed by atoms with Gasteiger partial charge >= 0.3 is 0 Å². The van der Waals surface area contributed by atoms with Gasteiger partial charge < -0.3 is 0 Å². The average molecular weight is 479 g/mol. The zero-order chi connectivity index (χ0) is 23.4. The number of hydrogen-bond acceptors (Lipinski definition) is 6. The van der Waals surface area contributed by atoms with E-state index in [4.69, 9.17) is 17.3 Å². The first kappa shape index (κ1) is 22.9. The summed E-state index contributed by atoms with van der Waals surface area (Å²) in [6.45, 7) is 2.72. The topological polar surface area (TPSA) is 81.3 Å². The van der Waals surface area contributed by atoms with Gasteiger partial charge in [0.1, 0.15) is 10.0 Å². The summed E-state index contributed by atoms with van der Waals surface area (Å²) in [4.78, 5) is 26.1. The Hall–Kier alpha value is -3.30. The first-order chi connectivity index (χ1) is 16.0. The zero-order valence-corrected chi connectivity index (χ0v) is 19.6. The van der Waals surface area contributed by atoms with E-state index in [2.05, 4.69) is 6.92 Å². The van der Waals surface area contributed by atoms with Crippen LogP contribution in [0.3, 0.4) is 0 Å². The summed E-state index contributed by atoms with van der Waals surface area (Å²) in [5.41, 5.74) is 2.67. The summed E-state index contributed by atoms with van der Waals surface area (Å²) in [7, 11) is 0. The third-order valence-corrected chi connectivity index (χ3v) is 6.62. The molecule has 4 rings (SSSR count). The van der Waals surface area contributed by atoms with Gasteiger partial charge in [-0.05, 0) is 24.6 Å². The van der Waals surface area contributed by atoms with Crippen molar-refractivity contribution in [3.05, 3.63) is 81.4 Å². The van der Waals surface area contributed by atoms with E-state index in [9.17, 15) is 14.9 Å². The van der Waals surface area contributed by atoms with E-state index < -0.39 is 4.92 Å². The molecule has 2 aromatic carbocycles. The number of nitrogens with zero attached hydrogens (tertiary/aromatic N) is 4. The lowest BCUT2D eigenvalue weighted by Crippen LogP contribution is -2.28. The highest BCUT2D eigenvalue weighted by molar-refractivity contribution is 8.26. The predicted molar refractivity (Wildman–Crippen MR) is 135 cm³/mol. The van der Waals surface area contributed by atoms with Crippen molar-refractivity contribution in [2.45, 2.75) is 26.2 Å². The fraction of sp³-hybridized carbons (Fsp3) is 0.208. The van der Waals surface area contributed by atoms with Crippen LogP contribution >= 0.6 is 24.0 Å². The number of thiocarbonyl (C=S) groups is 1. The molecule has 3 aromatic rings. The van der Waals surface area contributed by atoms with Crippen LogP contribution in [0.5, 0.6) is 0 Å². The molecule has 0 atom stereocenters. The Balaban J connectivity index is 1.75. The molecule has 0 spiro atoms. The maximum Gasteiger partial charge on any atom is 0.270 e. The summed E-state index contributed by atoms with van der Waals surface area (Å²) in [5, 5.41) is 16.0. The number of para-hydroxylation sites is 1. The number of thioether (sulfide) groups is 1. The summed E-state index contributed by atoms with van der Waals surface area (Å²) >= 11 is 6.72. The van der Waals surface area contributed by atoms with Crippen molar-refractivity contribution in [3.8, 4) is 16.9 Å².